The van der Waals surface area contributed by atoms with Crippen molar-refractivity contribution in [2.75, 3.05) is 18.7 Å². The standard InChI is InChI=1S/C17H18N2O4/c20-14(12-6-7-15-16(10-12)23-11-22-15)8-9-18-17(21)19-13-4-2-1-3-5-13/h1-7,10,14,20H,8-9,11H2,(H2,18,19,21). The van der Waals surface area contributed by atoms with Gasteiger partial charge < -0.3 is 25.2 Å². The number of aliphatic hydroxyl groups excluding tert-OH is 1. The highest BCUT2D eigenvalue weighted by atomic mass is 16.7. The van der Waals surface area contributed by atoms with Crippen LogP contribution in [-0.2, 0) is 0 Å². The van der Waals surface area contributed by atoms with E-state index in [0.717, 1.165) is 11.3 Å². The summed E-state index contributed by atoms with van der Waals surface area (Å²) in [6.45, 7) is 0.560. The molecule has 0 spiro atoms. The molecule has 3 N–H and O–H groups in total. The molecular formula is C17H18N2O4. The SMILES string of the molecule is O=C(NCCC(O)c1ccc2c(c1)OCO2)Nc1ccccc1. The first kappa shape index (κ1) is 15.2. The zero-order valence-electron chi connectivity index (χ0n) is 12.5. The zero-order chi connectivity index (χ0) is 16.1. The van der Waals surface area contributed by atoms with E-state index in [9.17, 15) is 9.90 Å². The Balaban J connectivity index is 1.46. The van der Waals surface area contributed by atoms with E-state index < -0.39 is 6.10 Å². The Morgan fingerprint density at radius 2 is 1.91 bits per heavy atom. The van der Waals surface area contributed by atoms with Crippen molar-refractivity contribution in [3.05, 3.63) is 54.1 Å². The second kappa shape index (κ2) is 7.02. The Morgan fingerprint density at radius 1 is 1.13 bits per heavy atom. The zero-order valence-corrected chi connectivity index (χ0v) is 12.5. The first-order valence-corrected chi connectivity index (χ1v) is 7.40. The van der Waals surface area contributed by atoms with Gasteiger partial charge in [0.2, 0.25) is 6.79 Å². The molecule has 2 amide bonds. The molecular weight excluding hydrogens is 296 g/mol. The Morgan fingerprint density at radius 3 is 2.74 bits per heavy atom. The number of carbonyl (C=O) groups excluding carboxylic acids is 1. The number of nitrogens with one attached hydrogen (secondary N) is 2. The van der Waals surface area contributed by atoms with Crippen molar-refractivity contribution in [3.8, 4) is 11.5 Å². The maximum absolute atomic E-state index is 11.7. The van der Waals surface area contributed by atoms with Crippen molar-refractivity contribution in [2.24, 2.45) is 0 Å². The van der Waals surface area contributed by atoms with Gasteiger partial charge >= 0.3 is 6.03 Å². The molecule has 1 atom stereocenters. The highest BCUT2D eigenvalue weighted by molar-refractivity contribution is 5.89. The summed E-state index contributed by atoms with van der Waals surface area (Å²) in [6, 6.07) is 14.2. The number of anilines is 1. The van der Waals surface area contributed by atoms with Crippen LogP contribution in [0.4, 0.5) is 10.5 Å². The molecule has 0 saturated heterocycles. The molecule has 23 heavy (non-hydrogen) atoms. The molecule has 2 aromatic rings. The predicted octanol–water partition coefficient (Wildman–Crippen LogP) is 2.66. The lowest BCUT2D eigenvalue weighted by Crippen LogP contribution is -2.30. The average Bonchev–Trinajstić information content (AvgIpc) is 3.03. The Hall–Kier alpha value is -2.73. The van der Waals surface area contributed by atoms with Crippen LogP contribution in [0.15, 0.2) is 48.5 Å². The van der Waals surface area contributed by atoms with Gasteiger partial charge in [0.25, 0.3) is 0 Å². The normalized spacial score (nSPS) is 13.4. The molecule has 1 heterocycles. The number of urea groups is 1. The van der Waals surface area contributed by atoms with E-state index in [0.29, 0.717) is 24.5 Å². The van der Waals surface area contributed by atoms with Crippen LogP contribution in [0.3, 0.4) is 0 Å². The fraction of sp³-hybridized carbons (Fsp3) is 0.235. The Kier molecular flexibility index (Phi) is 4.63. The van der Waals surface area contributed by atoms with E-state index in [2.05, 4.69) is 10.6 Å². The van der Waals surface area contributed by atoms with E-state index in [-0.39, 0.29) is 12.8 Å². The van der Waals surface area contributed by atoms with Crippen molar-refractivity contribution < 1.29 is 19.4 Å². The highest BCUT2D eigenvalue weighted by Crippen LogP contribution is 2.34. The second-order valence-corrected chi connectivity index (χ2v) is 5.16. The minimum Gasteiger partial charge on any atom is -0.454 e. The summed E-state index contributed by atoms with van der Waals surface area (Å²) in [5.41, 5.74) is 1.46. The third-order valence-electron chi connectivity index (χ3n) is 3.52. The molecule has 1 aliphatic heterocycles. The van der Waals surface area contributed by atoms with Crippen LogP contribution in [-0.4, -0.2) is 24.5 Å². The number of carbonyl (C=O) groups is 1. The van der Waals surface area contributed by atoms with Crippen LogP contribution in [0.2, 0.25) is 0 Å². The monoisotopic (exact) mass is 314 g/mol. The highest BCUT2D eigenvalue weighted by Gasteiger charge is 2.16. The molecule has 0 fully saturated rings. The quantitative estimate of drug-likeness (QED) is 0.792. The number of amides is 2. The lowest BCUT2D eigenvalue weighted by atomic mass is 10.1. The maximum Gasteiger partial charge on any atom is 0.319 e. The molecule has 3 rings (SSSR count). The molecule has 120 valence electrons. The van der Waals surface area contributed by atoms with Crippen LogP contribution in [0.1, 0.15) is 18.1 Å². The van der Waals surface area contributed by atoms with Gasteiger partial charge in [0.05, 0.1) is 6.10 Å². The van der Waals surface area contributed by atoms with Gasteiger partial charge in [0.1, 0.15) is 0 Å². The molecule has 2 aromatic carbocycles. The van der Waals surface area contributed by atoms with Crippen molar-refractivity contribution >= 4 is 11.7 Å². The first-order valence-electron chi connectivity index (χ1n) is 7.40. The number of rotatable bonds is 5. The van der Waals surface area contributed by atoms with Gasteiger partial charge in [-0.15, -0.1) is 0 Å². The summed E-state index contributed by atoms with van der Waals surface area (Å²) < 4.78 is 10.5. The van der Waals surface area contributed by atoms with Gasteiger partial charge in [-0.3, -0.25) is 0 Å². The number of aliphatic hydroxyl groups is 1. The second-order valence-electron chi connectivity index (χ2n) is 5.16. The van der Waals surface area contributed by atoms with Crippen LogP contribution in [0.5, 0.6) is 11.5 Å². The van der Waals surface area contributed by atoms with Crippen LogP contribution in [0.25, 0.3) is 0 Å². The average molecular weight is 314 g/mol. The summed E-state index contributed by atoms with van der Waals surface area (Å²) >= 11 is 0. The largest absolute Gasteiger partial charge is 0.454 e. The van der Waals surface area contributed by atoms with Crippen LogP contribution in [0, 0.1) is 0 Å². The molecule has 0 bridgehead atoms. The minimum atomic E-state index is -0.679. The number of fused-ring (bicyclic) bond motifs is 1. The van der Waals surface area contributed by atoms with Gasteiger partial charge in [-0.2, -0.15) is 0 Å². The van der Waals surface area contributed by atoms with Crippen molar-refractivity contribution in [3.63, 3.8) is 0 Å². The van der Waals surface area contributed by atoms with E-state index in [1.165, 1.54) is 0 Å². The van der Waals surface area contributed by atoms with Crippen molar-refractivity contribution in [1.29, 1.82) is 0 Å². The molecule has 6 heteroatoms. The van der Waals surface area contributed by atoms with Gasteiger partial charge in [-0.25, -0.2) is 4.79 Å². The van der Waals surface area contributed by atoms with Gasteiger partial charge in [0.15, 0.2) is 11.5 Å². The third kappa shape index (κ3) is 3.92. The summed E-state index contributed by atoms with van der Waals surface area (Å²) in [7, 11) is 0. The molecule has 1 unspecified atom stereocenters. The topological polar surface area (TPSA) is 79.8 Å². The van der Waals surface area contributed by atoms with E-state index in [4.69, 9.17) is 9.47 Å². The van der Waals surface area contributed by atoms with Crippen LogP contribution >= 0.6 is 0 Å². The third-order valence-corrected chi connectivity index (χ3v) is 3.52. The van der Waals surface area contributed by atoms with E-state index >= 15 is 0 Å². The summed E-state index contributed by atoms with van der Waals surface area (Å²) in [6.07, 6.45) is -0.275. The number of benzene rings is 2. The lowest BCUT2D eigenvalue weighted by Gasteiger charge is -2.13. The summed E-state index contributed by atoms with van der Waals surface area (Å²) in [5, 5.41) is 15.6. The van der Waals surface area contributed by atoms with Gasteiger partial charge in [0, 0.05) is 12.2 Å². The number of ether oxygens (including phenoxy) is 2. The molecule has 0 saturated carbocycles. The number of hydrogen-bond acceptors (Lipinski definition) is 4. The van der Waals surface area contributed by atoms with Gasteiger partial charge in [-0.1, -0.05) is 24.3 Å². The van der Waals surface area contributed by atoms with E-state index in [1.807, 2.05) is 18.2 Å². The van der Waals surface area contributed by atoms with Crippen LogP contribution < -0.4 is 20.1 Å². The molecule has 0 aromatic heterocycles. The number of para-hydroxylation sites is 1. The number of hydrogen-bond donors (Lipinski definition) is 3. The Labute approximate surface area is 134 Å². The van der Waals surface area contributed by atoms with Crippen molar-refractivity contribution in [1.82, 2.24) is 5.32 Å². The first-order chi connectivity index (χ1) is 11.2. The summed E-state index contributed by atoms with van der Waals surface area (Å²) in [4.78, 5) is 11.7. The lowest BCUT2D eigenvalue weighted by molar-refractivity contribution is 0.165. The van der Waals surface area contributed by atoms with Crippen molar-refractivity contribution in [2.45, 2.75) is 12.5 Å². The maximum atomic E-state index is 11.7. The fourth-order valence-electron chi connectivity index (χ4n) is 2.31. The predicted molar refractivity (Wildman–Crippen MR) is 85.6 cm³/mol. The molecule has 1 aliphatic rings. The minimum absolute atomic E-state index is 0.204. The fourth-order valence-corrected chi connectivity index (χ4v) is 2.31. The smallest absolute Gasteiger partial charge is 0.319 e. The Bertz CT molecular complexity index is 676. The molecule has 6 nitrogen and oxygen atoms in total. The van der Waals surface area contributed by atoms with Gasteiger partial charge in [-0.05, 0) is 36.2 Å². The van der Waals surface area contributed by atoms with E-state index in [1.54, 1.807) is 30.3 Å². The summed E-state index contributed by atoms with van der Waals surface area (Å²) in [5.74, 6) is 1.32. The molecule has 0 radical (unpaired) electrons. The molecule has 0 aliphatic carbocycles.